The lowest BCUT2D eigenvalue weighted by Gasteiger charge is -2.10. The molecule has 0 N–H and O–H groups in total. The second-order valence-corrected chi connectivity index (χ2v) is 10.3. The van der Waals surface area contributed by atoms with Crippen molar-refractivity contribution in [3.8, 4) is 0 Å². The number of unbranched alkanes of at least 4 members (excludes halogenated alkanes) is 2. The average molecular weight is 212 g/mol. The largest absolute Gasteiger partial charge is 0.103 e. The van der Waals surface area contributed by atoms with E-state index in [0.717, 1.165) is 0 Å². The highest BCUT2D eigenvalue weighted by atomic mass is 28.3. The van der Waals surface area contributed by atoms with E-state index in [9.17, 15) is 0 Å². The molecule has 0 unspecified atom stereocenters. The molecule has 0 rings (SSSR count). The van der Waals surface area contributed by atoms with Crippen LogP contribution in [0, 0.1) is 0 Å². The zero-order valence-corrected chi connectivity index (χ0v) is 11.8. The van der Waals surface area contributed by atoms with Crippen molar-refractivity contribution >= 4 is 8.07 Å². The molecule has 0 fully saturated rings. The molecule has 0 aromatic heterocycles. The molecule has 0 aromatic carbocycles. The van der Waals surface area contributed by atoms with Crippen LogP contribution >= 0.6 is 0 Å². The Balaban J connectivity index is 0. The van der Waals surface area contributed by atoms with Crippen LogP contribution in [-0.2, 0) is 0 Å². The lowest BCUT2D eigenvalue weighted by molar-refractivity contribution is 0.814. The maximum atomic E-state index is 3.68. The van der Waals surface area contributed by atoms with Crippen molar-refractivity contribution in [2.24, 2.45) is 0 Å². The molecule has 14 heavy (non-hydrogen) atoms. The van der Waals surface area contributed by atoms with Crippen molar-refractivity contribution < 1.29 is 0 Å². The fourth-order valence-corrected chi connectivity index (χ4v) is 1.79. The van der Waals surface area contributed by atoms with Crippen LogP contribution in [0.15, 0.2) is 24.8 Å². The summed E-state index contributed by atoms with van der Waals surface area (Å²) in [6.07, 6.45) is 10.2. The summed E-state index contributed by atoms with van der Waals surface area (Å²) >= 11 is 0. The molecule has 0 atom stereocenters. The van der Waals surface area contributed by atoms with Crippen LogP contribution in [0.1, 0.15) is 33.1 Å². The first kappa shape index (κ1) is 16.1. The van der Waals surface area contributed by atoms with Gasteiger partial charge < -0.3 is 0 Å². The number of hydrogen-bond acceptors (Lipinski definition) is 0. The first-order valence-electron chi connectivity index (χ1n) is 5.70. The fourth-order valence-electron chi connectivity index (χ4n) is 0.922. The zero-order valence-electron chi connectivity index (χ0n) is 10.8. The van der Waals surface area contributed by atoms with Gasteiger partial charge in [0.2, 0.25) is 0 Å². The van der Waals surface area contributed by atoms with Gasteiger partial charge in [0.05, 0.1) is 0 Å². The molecule has 0 radical (unpaired) electrons. The standard InChI is InChI=1S/C7H14.C6H14Si/c1-3-5-7-6-4-2;1-5-6-7(2,3)4/h3,5H,4,6-7H2,1-2H3;5H,1,6H2,2-4H3. The Labute approximate surface area is 92.1 Å². The normalized spacial score (nSPS) is 10.9. The molecule has 0 aromatic rings. The van der Waals surface area contributed by atoms with Crippen LogP contribution in [0.2, 0.25) is 25.7 Å². The maximum absolute atomic E-state index is 3.68. The Morgan fingerprint density at radius 3 is 2.00 bits per heavy atom. The van der Waals surface area contributed by atoms with Crippen LogP contribution in [0.3, 0.4) is 0 Å². The summed E-state index contributed by atoms with van der Waals surface area (Å²) in [7, 11) is -0.775. The molecule has 84 valence electrons. The molecule has 0 nitrogen and oxygen atoms in total. The van der Waals surface area contributed by atoms with Gasteiger partial charge >= 0.3 is 0 Å². The van der Waals surface area contributed by atoms with E-state index in [1.54, 1.807) is 0 Å². The van der Waals surface area contributed by atoms with Gasteiger partial charge in [0.15, 0.2) is 0 Å². The smallest absolute Gasteiger partial charge is 0.0480 e. The minimum atomic E-state index is -0.775. The van der Waals surface area contributed by atoms with E-state index in [-0.39, 0.29) is 0 Å². The van der Waals surface area contributed by atoms with E-state index in [2.05, 4.69) is 52.2 Å². The van der Waals surface area contributed by atoms with Gasteiger partial charge in [0.1, 0.15) is 0 Å². The number of rotatable bonds is 5. The monoisotopic (exact) mass is 212 g/mol. The van der Waals surface area contributed by atoms with E-state index in [0.29, 0.717) is 0 Å². The predicted molar refractivity (Wildman–Crippen MR) is 72.7 cm³/mol. The van der Waals surface area contributed by atoms with E-state index in [1.165, 1.54) is 25.3 Å². The van der Waals surface area contributed by atoms with Gasteiger partial charge in [-0.1, -0.05) is 57.6 Å². The van der Waals surface area contributed by atoms with Crippen molar-refractivity contribution in [1.29, 1.82) is 0 Å². The quantitative estimate of drug-likeness (QED) is 0.331. The van der Waals surface area contributed by atoms with Crippen molar-refractivity contribution in [2.75, 3.05) is 0 Å². The third kappa shape index (κ3) is 22.6. The Morgan fingerprint density at radius 1 is 1.21 bits per heavy atom. The summed E-state index contributed by atoms with van der Waals surface area (Å²) in [6, 6.07) is 1.24. The summed E-state index contributed by atoms with van der Waals surface area (Å²) < 4.78 is 0. The van der Waals surface area contributed by atoms with E-state index in [1.807, 2.05) is 6.08 Å². The number of hydrogen-bond donors (Lipinski definition) is 0. The Bertz CT molecular complexity index is 140. The van der Waals surface area contributed by atoms with Gasteiger partial charge in [-0.05, 0) is 19.4 Å². The van der Waals surface area contributed by atoms with E-state index < -0.39 is 8.07 Å². The van der Waals surface area contributed by atoms with Crippen molar-refractivity contribution in [3.63, 3.8) is 0 Å². The molecule has 1 heteroatoms. The lowest BCUT2D eigenvalue weighted by Crippen LogP contribution is -2.16. The van der Waals surface area contributed by atoms with Crippen molar-refractivity contribution in [2.45, 2.75) is 58.8 Å². The molecule has 0 aliphatic rings. The third-order valence-electron chi connectivity index (χ3n) is 1.72. The summed E-state index contributed by atoms with van der Waals surface area (Å²) in [5, 5.41) is 0. The SMILES string of the molecule is C=CC[Si](C)(C)C.CC=CCCCC. The topological polar surface area (TPSA) is 0 Å². The predicted octanol–water partition coefficient (Wildman–Crippen LogP) is 5.26. The van der Waals surface area contributed by atoms with Gasteiger partial charge in [-0.25, -0.2) is 0 Å². The fraction of sp³-hybridized carbons (Fsp3) is 0.692. The van der Waals surface area contributed by atoms with E-state index >= 15 is 0 Å². The van der Waals surface area contributed by atoms with Crippen LogP contribution in [-0.4, -0.2) is 8.07 Å². The Morgan fingerprint density at radius 2 is 1.79 bits per heavy atom. The van der Waals surface area contributed by atoms with Crippen LogP contribution in [0.4, 0.5) is 0 Å². The minimum absolute atomic E-state index is 0.775. The molecule has 0 amide bonds. The molecule has 0 heterocycles. The minimum Gasteiger partial charge on any atom is -0.103 e. The van der Waals surface area contributed by atoms with Gasteiger partial charge in [-0.15, -0.1) is 6.58 Å². The average Bonchev–Trinajstić information content (AvgIpc) is 2.04. The molecule has 0 saturated heterocycles. The first-order valence-corrected chi connectivity index (χ1v) is 9.40. The second-order valence-electron chi connectivity index (χ2n) is 4.76. The van der Waals surface area contributed by atoms with Crippen molar-refractivity contribution in [3.05, 3.63) is 24.8 Å². The van der Waals surface area contributed by atoms with Crippen LogP contribution in [0.5, 0.6) is 0 Å². The van der Waals surface area contributed by atoms with Crippen molar-refractivity contribution in [1.82, 2.24) is 0 Å². The summed E-state index contributed by atoms with van der Waals surface area (Å²) in [6.45, 7) is 15.0. The van der Waals surface area contributed by atoms with Crippen LogP contribution in [0.25, 0.3) is 0 Å². The van der Waals surface area contributed by atoms with Gasteiger partial charge in [-0.2, -0.15) is 0 Å². The zero-order chi connectivity index (χ0) is 11.4. The highest BCUT2D eigenvalue weighted by molar-refractivity contribution is 6.76. The second kappa shape index (κ2) is 10.8. The summed E-state index contributed by atoms with van der Waals surface area (Å²) in [5.74, 6) is 0. The van der Waals surface area contributed by atoms with Gasteiger partial charge in [0.25, 0.3) is 0 Å². The molecular weight excluding hydrogens is 184 g/mol. The molecular formula is C13H28Si. The lowest BCUT2D eigenvalue weighted by atomic mass is 10.2. The van der Waals surface area contributed by atoms with Gasteiger partial charge in [0, 0.05) is 8.07 Å². The first-order chi connectivity index (χ1) is 6.47. The summed E-state index contributed by atoms with van der Waals surface area (Å²) in [5.41, 5.74) is 0. The number of allylic oxidation sites excluding steroid dienone is 3. The third-order valence-corrected chi connectivity index (χ3v) is 3.23. The molecule has 0 bridgehead atoms. The molecule has 0 aliphatic carbocycles. The van der Waals surface area contributed by atoms with E-state index in [4.69, 9.17) is 0 Å². The molecule has 0 spiro atoms. The maximum Gasteiger partial charge on any atom is 0.0480 e. The van der Waals surface area contributed by atoms with Crippen LogP contribution < -0.4 is 0 Å². The summed E-state index contributed by atoms with van der Waals surface area (Å²) in [4.78, 5) is 0. The van der Waals surface area contributed by atoms with Gasteiger partial charge in [-0.3, -0.25) is 0 Å². The molecule has 0 saturated carbocycles. The Hall–Kier alpha value is -0.303. The Kier molecular flexibility index (Phi) is 12.4. The highest BCUT2D eigenvalue weighted by Crippen LogP contribution is 2.06. The highest BCUT2D eigenvalue weighted by Gasteiger charge is 2.08. The molecule has 0 aliphatic heterocycles.